The zero-order valence-electron chi connectivity index (χ0n) is 10.6. The lowest BCUT2D eigenvalue weighted by molar-refractivity contribution is 0.222. The first kappa shape index (κ1) is 13.1. The van der Waals surface area contributed by atoms with E-state index in [1.54, 1.807) is 11.3 Å². The Morgan fingerprint density at radius 2 is 2.47 bits per heavy atom. The van der Waals surface area contributed by atoms with E-state index >= 15 is 0 Å². The Kier molecular flexibility index (Phi) is 3.86. The zero-order valence-corrected chi connectivity index (χ0v) is 13.0. The number of hydrogen-bond donors (Lipinski definition) is 1. The van der Waals surface area contributed by atoms with Crippen LogP contribution < -0.4 is 10.1 Å². The van der Waals surface area contributed by atoms with Crippen molar-refractivity contribution in [1.29, 1.82) is 0 Å². The summed E-state index contributed by atoms with van der Waals surface area (Å²) in [5.41, 5.74) is 1.28. The van der Waals surface area contributed by atoms with Crippen molar-refractivity contribution in [2.24, 2.45) is 0 Å². The second-order valence-corrected chi connectivity index (χ2v) is 6.54. The summed E-state index contributed by atoms with van der Waals surface area (Å²) in [7, 11) is 0. The average Bonchev–Trinajstić information content (AvgIpc) is 3.04. The maximum absolute atomic E-state index is 5.93. The van der Waals surface area contributed by atoms with Gasteiger partial charge in [-0.05, 0) is 30.7 Å². The van der Waals surface area contributed by atoms with Crippen LogP contribution in [0.1, 0.15) is 23.5 Å². The normalized spacial score (nSPS) is 18.9. The molecule has 2 unspecified atom stereocenters. The molecule has 0 saturated heterocycles. The van der Waals surface area contributed by atoms with Crippen molar-refractivity contribution in [1.82, 2.24) is 10.3 Å². The molecule has 2 aromatic rings. The van der Waals surface area contributed by atoms with E-state index < -0.39 is 0 Å². The molecule has 1 N–H and O–H groups in total. The van der Waals surface area contributed by atoms with Gasteiger partial charge in [0.1, 0.15) is 16.9 Å². The SMILES string of the molecule is CC(NCC1Cc2cc(Br)ccc2O1)c1nccs1. The molecule has 2 atom stereocenters. The van der Waals surface area contributed by atoms with E-state index in [2.05, 4.69) is 39.2 Å². The highest BCUT2D eigenvalue weighted by atomic mass is 79.9. The Morgan fingerprint density at radius 1 is 1.58 bits per heavy atom. The van der Waals surface area contributed by atoms with Crippen molar-refractivity contribution in [3.8, 4) is 5.75 Å². The largest absolute Gasteiger partial charge is 0.488 e. The summed E-state index contributed by atoms with van der Waals surface area (Å²) in [6.45, 7) is 2.98. The summed E-state index contributed by atoms with van der Waals surface area (Å²) in [5.74, 6) is 1.01. The van der Waals surface area contributed by atoms with Crippen molar-refractivity contribution >= 4 is 27.3 Å². The zero-order chi connectivity index (χ0) is 13.2. The van der Waals surface area contributed by atoms with Gasteiger partial charge in [-0.2, -0.15) is 0 Å². The van der Waals surface area contributed by atoms with Gasteiger partial charge in [0, 0.05) is 29.0 Å². The first-order chi connectivity index (χ1) is 9.22. The standard InChI is InChI=1S/C14H15BrN2OS/c1-9(14-16-4-5-19-14)17-8-12-7-10-6-11(15)2-3-13(10)18-12/h2-6,9,12,17H,7-8H2,1H3. The van der Waals surface area contributed by atoms with E-state index in [0.717, 1.165) is 28.2 Å². The third kappa shape index (κ3) is 2.99. The van der Waals surface area contributed by atoms with Crippen LogP contribution in [-0.2, 0) is 6.42 Å². The number of rotatable bonds is 4. The molecule has 0 radical (unpaired) electrons. The first-order valence-electron chi connectivity index (χ1n) is 6.30. The molecule has 0 spiro atoms. The Labute approximate surface area is 125 Å². The van der Waals surface area contributed by atoms with Gasteiger partial charge in [-0.3, -0.25) is 0 Å². The van der Waals surface area contributed by atoms with E-state index in [9.17, 15) is 0 Å². The minimum Gasteiger partial charge on any atom is -0.488 e. The van der Waals surface area contributed by atoms with Gasteiger partial charge in [-0.25, -0.2) is 4.98 Å². The predicted molar refractivity (Wildman–Crippen MR) is 80.8 cm³/mol. The molecule has 0 bridgehead atoms. The number of thiazole rings is 1. The van der Waals surface area contributed by atoms with Gasteiger partial charge in [-0.1, -0.05) is 15.9 Å². The number of nitrogens with zero attached hydrogens (tertiary/aromatic N) is 1. The molecule has 1 aliphatic rings. The highest BCUT2D eigenvalue weighted by Crippen LogP contribution is 2.31. The molecule has 0 amide bonds. The predicted octanol–water partition coefficient (Wildman–Crippen LogP) is 3.56. The number of ether oxygens (including phenoxy) is 1. The number of halogens is 1. The van der Waals surface area contributed by atoms with Crippen molar-refractivity contribution in [2.45, 2.75) is 25.5 Å². The van der Waals surface area contributed by atoms with Crippen LogP contribution in [0.5, 0.6) is 5.75 Å². The summed E-state index contributed by atoms with van der Waals surface area (Å²) in [6, 6.07) is 6.47. The van der Waals surface area contributed by atoms with Gasteiger partial charge >= 0.3 is 0 Å². The highest BCUT2D eigenvalue weighted by Gasteiger charge is 2.23. The van der Waals surface area contributed by atoms with Crippen LogP contribution in [0, 0.1) is 0 Å². The van der Waals surface area contributed by atoms with Gasteiger partial charge < -0.3 is 10.1 Å². The molecule has 2 heterocycles. The van der Waals surface area contributed by atoms with Crippen LogP contribution in [0.15, 0.2) is 34.2 Å². The highest BCUT2D eigenvalue weighted by molar-refractivity contribution is 9.10. The molecule has 19 heavy (non-hydrogen) atoms. The fourth-order valence-corrected chi connectivity index (χ4v) is 3.33. The number of nitrogens with one attached hydrogen (secondary N) is 1. The molecule has 0 fully saturated rings. The van der Waals surface area contributed by atoms with Crippen molar-refractivity contribution in [3.05, 3.63) is 44.8 Å². The summed E-state index contributed by atoms with van der Waals surface area (Å²) >= 11 is 5.18. The number of benzene rings is 1. The lowest BCUT2D eigenvalue weighted by Crippen LogP contribution is -2.31. The second kappa shape index (κ2) is 5.61. The van der Waals surface area contributed by atoms with Gasteiger partial charge in [-0.15, -0.1) is 11.3 Å². The molecule has 3 nitrogen and oxygen atoms in total. The molecule has 1 aromatic carbocycles. The van der Waals surface area contributed by atoms with Gasteiger partial charge in [0.2, 0.25) is 0 Å². The van der Waals surface area contributed by atoms with E-state index in [1.165, 1.54) is 5.56 Å². The minimum atomic E-state index is 0.215. The van der Waals surface area contributed by atoms with Crippen molar-refractivity contribution in [2.75, 3.05) is 6.54 Å². The van der Waals surface area contributed by atoms with Crippen molar-refractivity contribution in [3.63, 3.8) is 0 Å². The summed E-state index contributed by atoms with van der Waals surface area (Å²) in [5, 5.41) is 6.62. The Bertz CT molecular complexity index is 559. The maximum Gasteiger partial charge on any atom is 0.123 e. The van der Waals surface area contributed by atoms with Gasteiger partial charge in [0.15, 0.2) is 0 Å². The fraction of sp³-hybridized carbons (Fsp3) is 0.357. The topological polar surface area (TPSA) is 34.1 Å². The smallest absolute Gasteiger partial charge is 0.123 e. The molecular formula is C14H15BrN2OS. The Balaban J connectivity index is 1.56. The van der Waals surface area contributed by atoms with E-state index in [0.29, 0.717) is 0 Å². The molecular weight excluding hydrogens is 324 g/mol. The summed E-state index contributed by atoms with van der Waals surface area (Å²) in [4.78, 5) is 4.32. The van der Waals surface area contributed by atoms with E-state index in [-0.39, 0.29) is 12.1 Å². The fourth-order valence-electron chi connectivity index (χ4n) is 2.25. The molecule has 1 aromatic heterocycles. The number of hydrogen-bond acceptors (Lipinski definition) is 4. The Morgan fingerprint density at radius 3 is 3.26 bits per heavy atom. The molecule has 0 saturated carbocycles. The number of aromatic nitrogens is 1. The van der Waals surface area contributed by atoms with E-state index in [4.69, 9.17) is 4.74 Å². The monoisotopic (exact) mass is 338 g/mol. The average molecular weight is 339 g/mol. The lowest BCUT2D eigenvalue weighted by Gasteiger charge is -2.15. The molecule has 100 valence electrons. The number of fused-ring (bicyclic) bond motifs is 1. The van der Waals surface area contributed by atoms with Gasteiger partial charge in [0.25, 0.3) is 0 Å². The third-order valence-electron chi connectivity index (χ3n) is 3.24. The van der Waals surface area contributed by atoms with Crippen LogP contribution in [0.3, 0.4) is 0 Å². The minimum absolute atomic E-state index is 0.215. The van der Waals surface area contributed by atoms with E-state index in [1.807, 2.05) is 23.7 Å². The summed E-state index contributed by atoms with van der Waals surface area (Å²) < 4.78 is 7.04. The summed E-state index contributed by atoms with van der Waals surface area (Å²) in [6.07, 6.45) is 3.02. The molecule has 5 heteroatoms. The van der Waals surface area contributed by atoms with Crippen LogP contribution >= 0.6 is 27.3 Å². The quantitative estimate of drug-likeness (QED) is 0.925. The van der Waals surface area contributed by atoms with Gasteiger partial charge in [0.05, 0.1) is 6.04 Å². The molecule has 1 aliphatic heterocycles. The Hall–Kier alpha value is -0.910. The van der Waals surface area contributed by atoms with Crippen LogP contribution in [0.25, 0.3) is 0 Å². The second-order valence-electron chi connectivity index (χ2n) is 4.70. The van der Waals surface area contributed by atoms with Crippen LogP contribution in [0.4, 0.5) is 0 Å². The van der Waals surface area contributed by atoms with Crippen LogP contribution in [0.2, 0.25) is 0 Å². The first-order valence-corrected chi connectivity index (χ1v) is 7.97. The maximum atomic E-state index is 5.93. The van der Waals surface area contributed by atoms with Crippen molar-refractivity contribution < 1.29 is 4.74 Å². The molecule has 0 aliphatic carbocycles. The lowest BCUT2D eigenvalue weighted by atomic mass is 10.1. The molecule has 3 rings (SSSR count). The van der Waals surface area contributed by atoms with Crippen LogP contribution in [-0.4, -0.2) is 17.6 Å². The third-order valence-corrected chi connectivity index (χ3v) is 4.69.